The standard InChI is InChI=1S/C17H28.C6H14/c1-7-8-9-10-11-17-15(5)13(3)12(2)14(4)16(17)6;1-3-5-6-4-2/h7-11H2,1-6H3;3-6H2,1-2H3. The molecule has 23 heavy (non-hydrogen) atoms. The summed E-state index contributed by atoms with van der Waals surface area (Å²) in [5, 5.41) is 0. The van der Waals surface area contributed by atoms with Gasteiger partial charge in [0.1, 0.15) is 0 Å². The second kappa shape index (κ2) is 12.6. The Bertz CT molecular complexity index is 407. The van der Waals surface area contributed by atoms with Gasteiger partial charge in [0, 0.05) is 0 Å². The van der Waals surface area contributed by atoms with Crippen molar-refractivity contribution in [3.8, 4) is 0 Å². The van der Waals surface area contributed by atoms with Crippen molar-refractivity contribution in [3.05, 3.63) is 33.4 Å². The van der Waals surface area contributed by atoms with Gasteiger partial charge in [-0.15, -0.1) is 0 Å². The molecule has 0 aromatic heterocycles. The van der Waals surface area contributed by atoms with Crippen molar-refractivity contribution in [1.29, 1.82) is 0 Å². The molecule has 0 unspecified atom stereocenters. The van der Waals surface area contributed by atoms with Crippen LogP contribution in [-0.4, -0.2) is 0 Å². The van der Waals surface area contributed by atoms with E-state index in [0.29, 0.717) is 0 Å². The van der Waals surface area contributed by atoms with Gasteiger partial charge < -0.3 is 0 Å². The van der Waals surface area contributed by atoms with Crippen LogP contribution < -0.4 is 0 Å². The summed E-state index contributed by atoms with van der Waals surface area (Å²) in [6, 6.07) is 0. The molecule has 0 bridgehead atoms. The third kappa shape index (κ3) is 7.55. The molecule has 0 heterocycles. The molecule has 0 aliphatic heterocycles. The lowest BCUT2D eigenvalue weighted by Gasteiger charge is -2.18. The number of unbranched alkanes of at least 4 members (excludes halogenated alkanes) is 6. The molecular formula is C23H42. The molecular weight excluding hydrogens is 276 g/mol. The lowest BCUT2D eigenvalue weighted by Crippen LogP contribution is -2.03. The number of benzene rings is 1. The lowest BCUT2D eigenvalue weighted by molar-refractivity contribution is 0.664. The highest BCUT2D eigenvalue weighted by molar-refractivity contribution is 5.49. The van der Waals surface area contributed by atoms with E-state index in [1.165, 1.54) is 85.6 Å². The van der Waals surface area contributed by atoms with Crippen molar-refractivity contribution in [2.45, 2.75) is 113 Å². The normalized spacial score (nSPS) is 10.4. The minimum atomic E-state index is 1.26. The van der Waals surface area contributed by atoms with E-state index in [1.54, 1.807) is 5.56 Å². The van der Waals surface area contributed by atoms with E-state index in [1.807, 2.05) is 0 Å². The van der Waals surface area contributed by atoms with Crippen LogP contribution >= 0.6 is 0 Å². The largest absolute Gasteiger partial charge is 0.0654 e. The SMILES string of the molecule is CCCCCC.CCCCCCc1c(C)c(C)c(C)c(C)c1C. The van der Waals surface area contributed by atoms with Gasteiger partial charge in [0.25, 0.3) is 0 Å². The summed E-state index contributed by atoms with van der Waals surface area (Å²) in [5.74, 6) is 0. The third-order valence-electron chi connectivity index (χ3n) is 5.39. The molecule has 0 radical (unpaired) electrons. The average Bonchev–Trinajstić information content (AvgIpc) is 2.56. The van der Waals surface area contributed by atoms with E-state index >= 15 is 0 Å². The summed E-state index contributed by atoms with van der Waals surface area (Å²) in [5.41, 5.74) is 9.15. The first-order valence-corrected chi connectivity index (χ1v) is 9.97. The van der Waals surface area contributed by atoms with Crippen LogP contribution in [0.25, 0.3) is 0 Å². The zero-order chi connectivity index (χ0) is 17.8. The van der Waals surface area contributed by atoms with Crippen LogP contribution in [0.5, 0.6) is 0 Å². The molecule has 0 N–H and O–H groups in total. The van der Waals surface area contributed by atoms with E-state index in [0.717, 1.165) is 0 Å². The lowest BCUT2D eigenvalue weighted by atomic mass is 9.87. The highest BCUT2D eigenvalue weighted by Gasteiger charge is 2.11. The molecule has 1 aromatic carbocycles. The Kier molecular flexibility index (Phi) is 12.2. The topological polar surface area (TPSA) is 0 Å². The second-order valence-electron chi connectivity index (χ2n) is 7.12. The first-order valence-electron chi connectivity index (χ1n) is 9.97. The Morgan fingerprint density at radius 2 is 0.783 bits per heavy atom. The minimum Gasteiger partial charge on any atom is -0.0654 e. The van der Waals surface area contributed by atoms with Crippen molar-refractivity contribution in [3.63, 3.8) is 0 Å². The Morgan fingerprint density at radius 3 is 1.17 bits per heavy atom. The average molecular weight is 319 g/mol. The fourth-order valence-electron chi connectivity index (χ4n) is 3.18. The summed E-state index contributed by atoms with van der Waals surface area (Å²) < 4.78 is 0. The third-order valence-corrected chi connectivity index (χ3v) is 5.39. The van der Waals surface area contributed by atoms with Crippen molar-refractivity contribution >= 4 is 0 Å². The summed E-state index contributed by atoms with van der Waals surface area (Å²) >= 11 is 0. The number of hydrogen-bond acceptors (Lipinski definition) is 0. The van der Waals surface area contributed by atoms with Gasteiger partial charge in [-0.2, -0.15) is 0 Å². The molecule has 0 fully saturated rings. The predicted octanol–water partition coefficient (Wildman–Crippen LogP) is 7.94. The van der Waals surface area contributed by atoms with Crippen LogP contribution in [-0.2, 0) is 6.42 Å². The summed E-state index contributed by atoms with van der Waals surface area (Å²) in [6.45, 7) is 18.1. The van der Waals surface area contributed by atoms with Crippen molar-refractivity contribution in [1.82, 2.24) is 0 Å². The monoisotopic (exact) mass is 318 g/mol. The van der Waals surface area contributed by atoms with E-state index < -0.39 is 0 Å². The molecule has 134 valence electrons. The van der Waals surface area contributed by atoms with Crippen LogP contribution in [0.15, 0.2) is 0 Å². The van der Waals surface area contributed by atoms with Gasteiger partial charge in [-0.3, -0.25) is 0 Å². The fraction of sp³-hybridized carbons (Fsp3) is 0.739. The Morgan fingerprint density at radius 1 is 0.435 bits per heavy atom. The van der Waals surface area contributed by atoms with Crippen LogP contribution in [0.1, 0.15) is 106 Å². The highest BCUT2D eigenvalue weighted by atomic mass is 14.2. The first-order chi connectivity index (χ1) is 10.9. The molecule has 1 rings (SSSR count). The van der Waals surface area contributed by atoms with Gasteiger partial charge in [-0.25, -0.2) is 0 Å². The van der Waals surface area contributed by atoms with Crippen LogP contribution in [0.2, 0.25) is 0 Å². The second-order valence-corrected chi connectivity index (χ2v) is 7.12. The minimum absolute atomic E-state index is 1.26. The molecule has 0 spiro atoms. The Labute approximate surface area is 147 Å². The zero-order valence-electron chi connectivity index (χ0n) is 17.4. The fourth-order valence-corrected chi connectivity index (χ4v) is 3.18. The van der Waals surface area contributed by atoms with Crippen molar-refractivity contribution in [2.24, 2.45) is 0 Å². The molecule has 0 aliphatic rings. The van der Waals surface area contributed by atoms with E-state index in [-0.39, 0.29) is 0 Å². The van der Waals surface area contributed by atoms with Crippen LogP contribution in [0.4, 0.5) is 0 Å². The van der Waals surface area contributed by atoms with Crippen LogP contribution in [0.3, 0.4) is 0 Å². The summed E-state index contributed by atoms with van der Waals surface area (Å²) in [4.78, 5) is 0. The van der Waals surface area contributed by atoms with Crippen molar-refractivity contribution in [2.75, 3.05) is 0 Å². The Balaban J connectivity index is 0.000000688. The summed E-state index contributed by atoms with van der Waals surface area (Å²) in [6.07, 6.45) is 12.2. The predicted molar refractivity (Wildman–Crippen MR) is 108 cm³/mol. The molecule has 0 atom stereocenters. The molecule has 0 nitrogen and oxygen atoms in total. The maximum Gasteiger partial charge on any atom is -0.0273 e. The number of rotatable bonds is 8. The first kappa shape index (κ1) is 22.2. The molecule has 0 amide bonds. The van der Waals surface area contributed by atoms with Crippen LogP contribution in [0, 0.1) is 34.6 Å². The van der Waals surface area contributed by atoms with Gasteiger partial charge in [0.15, 0.2) is 0 Å². The molecule has 0 heteroatoms. The van der Waals surface area contributed by atoms with E-state index in [4.69, 9.17) is 0 Å². The molecule has 0 saturated heterocycles. The van der Waals surface area contributed by atoms with Gasteiger partial charge >= 0.3 is 0 Å². The van der Waals surface area contributed by atoms with Gasteiger partial charge in [-0.1, -0.05) is 65.7 Å². The smallest absolute Gasteiger partial charge is 0.0273 e. The molecule has 0 aliphatic carbocycles. The maximum atomic E-state index is 2.30. The maximum absolute atomic E-state index is 2.30. The van der Waals surface area contributed by atoms with Gasteiger partial charge in [-0.05, 0) is 80.8 Å². The highest BCUT2D eigenvalue weighted by Crippen LogP contribution is 2.27. The van der Waals surface area contributed by atoms with Gasteiger partial charge in [0.05, 0.1) is 0 Å². The van der Waals surface area contributed by atoms with Crippen molar-refractivity contribution < 1.29 is 0 Å². The zero-order valence-corrected chi connectivity index (χ0v) is 17.4. The van der Waals surface area contributed by atoms with E-state index in [2.05, 4.69) is 55.4 Å². The van der Waals surface area contributed by atoms with E-state index in [9.17, 15) is 0 Å². The number of hydrogen-bond donors (Lipinski definition) is 0. The molecule has 1 aromatic rings. The Hall–Kier alpha value is -0.780. The summed E-state index contributed by atoms with van der Waals surface area (Å²) in [7, 11) is 0. The molecule has 0 saturated carbocycles. The van der Waals surface area contributed by atoms with Gasteiger partial charge in [0.2, 0.25) is 0 Å². The quantitative estimate of drug-likeness (QED) is 0.427.